The van der Waals surface area contributed by atoms with Gasteiger partial charge in [0.25, 0.3) is 0 Å². The fourth-order valence-electron chi connectivity index (χ4n) is 4.69. The predicted molar refractivity (Wildman–Crippen MR) is 142 cm³/mol. The summed E-state index contributed by atoms with van der Waals surface area (Å²) in [4.78, 5) is 5.98. The lowest BCUT2D eigenvalue weighted by Crippen LogP contribution is -2.39. The third-order valence-electron chi connectivity index (χ3n) is 6.44. The maximum Gasteiger partial charge on any atom is 0.220 e. The first-order valence-electron chi connectivity index (χ1n) is 12.0. The number of hydrogen-bond donors (Lipinski definition) is 1. The lowest BCUT2D eigenvalue weighted by molar-refractivity contribution is -0.659. The summed E-state index contributed by atoms with van der Waals surface area (Å²) in [5, 5.41) is 14.5. The summed E-state index contributed by atoms with van der Waals surface area (Å²) in [5.74, 6) is 0. The van der Waals surface area contributed by atoms with Gasteiger partial charge in [0.15, 0.2) is 6.54 Å². The van der Waals surface area contributed by atoms with Crippen LogP contribution in [0.4, 0.5) is 11.4 Å². The Bertz CT molecular complexity index is 1430. The van der Waals surface area contributed by atoms with Crippen LogP contribution in [0, 0.1) is 0 Å². The molecule has 0 spiro atoms. The van der Waals surface area contributed by atoms with Gasteiger partial charge in [-0.2, -0.15) is 4.57 Å². The Balaban J connectivity index is 1.97. The summed E-state index contributed by atoms with van der Waals surface area (Å²) in [6, 6.07) is 22.3. The third kappa shape index (κ3) is 5.20. The smallest absolute Gasteiger partial charge is 0.220 e. The molecule has 0 unspecified atom stereocenters. The number of pyridine rings is 1. The molecule has 1 heterocycles. The van der Waals surface area contributed by atoms with E-state index in [2.05, 4.69) is 55.9 Å². The average molecular weight is 466 g/mol. The maximum absolute atomic E-state index is 9.02. The van der Waals surface area contributed by atoms with E-state index in [0.29, 0.717) is 17.4 Å². The van der Waals surface area contributed by atoms with Crippen molar-refractivity contribution in [2.75, 3.05) is 6.54 Å². The molecule has 8 heteroatoms. The summed E-state index contributed by atoms with van der Waals surface area (Å²) in [6.07, 6.45) is 3.15. The van der Waals surface area contributed by atoms with Crippen LogP contribution in [0.15, 0.2) is 77.0 Å². The van der Waals surface area contributed by atoms with Gasteiger partial charge in [0.05, 0.1) is 10.8 Å². The second kappa shape index (κ2) is 11.4. The van der Waals surface area contributed by atoms with Gasteiger partial charge in [-0.3, -0.25) is 0 Å². The highest BCUT2D eigenvalue weighted by Crippen LogP contribution is 2.35. The highest BCUT2D eigenvalue weighted by Gasteiger charge is 2.23. The molecule has 3 aromatic carbocycles. The van der Waals surface area contributed by atoms with Crippen molar-refractivity contribution in [2.45, 2.75) is 45.7 Å². The Morgan fingerprint density at radius 3 is 2.14 bits per heavy atom. The molecule has 0 bridgehead atoms. The Kier molecular flexibility index (Phi) is 7.81. The topological polar surface area (TPSA) is 113 Å². The number of aromatic nitrogens is 1. The second-order valence-corrected chi connectivity index (χ2v) is 8.50. The molecule has 0 radical (unpaired) electrons. The number of hydrogen-bond acceptors (Lipinski definition) is 3. The Morgan fingerprint density at radius 1 is 0.829 bits per heavy atom. The van der Waals surface area contributed by atoms with Crippen LogP contribution < -0.4 is 9.88 Å². The molecule has 8 nitrogen and oxygen atoms in total. The maximum atomic E-state index is 9.02. The summed E-state index contributed by atoms with van der Waals surface area (Å²) < 4.78 is 2.30. The monoisotopic (exact) mass is 465 g/mol. The van der Waals surface area contributed by atoms with E-state index in [4.69, 9.17) is 11.1 Å². The number of rotatable bonds is 10. The number of benzene rings is 3. The van der Waals surface area contributed by atoms with Crippen molar-refractivity contribution < 1.29 is 4.57 Å². The summed E-state index contributed by atoms with van der Waals surface area (Å²) in [5.41, 5.74) is 22.3. The zero-order valence-electron chi connectivity index (χ0n) is 20.1. The van der Waals surface area contributed by atoms with Gasteiger partial charge in [-0.25, -0.2) is 0 Å². The second-order valence-electron chi connectivity index (χ2n) is 8.50. The Morgan fingerprint density at radius 2 is 1.49 bits per heavy atom. The molecule has 4 rings (SSSR count). The minimum Gasteiger partial charge on any atom is -0.314 e. The van der Waals surface area contributed by atoms with E-state index in [0.717, 1.165) is 65.3 Å². The van der Waals surface area contributed by atoms with E-state index >= 15 is 0 Å². The van der Waals surface area contributed by atoms with Crippen molar-refractivity contribution in [3.05, 3.63) is 87.6 Å². The van der Waals surface area contributed by atoms with Gasteiger partial charge < -0.3 is 5.32 Å². The number of nitrogens with one attached hydrogen (secondary N) is 1. The SMILES string of the molecule is CCC(CC)NCCC[n+]1c(-c2ccccc2)c2cc(N=[N+]=[N-])ccc2c2ccc(N=[N+]=[N-])cc21. The van der Waals surface area contributed by atoms with Gasteiger partial charge in [-0.05, 0) is 48.2 Å². The van der Waals surface area contributed by atoms with Gasteiger partial charge >= 0.3 is 0 Å². The Hall–Kier alpha value is -4.09. The van der Waals surface area contributed by atoms with Crippen molar-refractivity contribution in [1.29, 1.82) is 0 Å². The van der Waals surface area contributed by atoms with Crippen LogP contribution in [-0.4, -0.2) is 12.6 Å². The molecule has 0 amide bonds. The fourth-order valence-corrected chi connectivity index (χ4v) is 4.69. The minimum atomic E-state index is 0.518. The predicted octanol–water partition coefficient (Wildman–Crippen LogP) is 8.00. The number of azide groups is 2. The minimum absolute atomic E-state index is 0.518. The van der Waals surface area contributed by atoms with Gasteiger partial charge in [0, 0.05) is 57.2 Å². The lowest BCUT2D eigenvalue weighted by atomic mass is 9.98. The molecule has 4 aromatic rings. The number of nitrogens with zero attached hydrogens (tertiary/aromatic N) is 7. The first-order valence-corrected chi connectivity index (χ1v) is 12.0. The van der Waals surface area contributed by atoms with Crippen LogP contribution in [0.1, 0.15) is 33.1 Å². The first-order chi connectivity index (χ1) is 17.2. The molecule has 0 saturated carbocycles. The zero-order chi connectivity index (χ0) is 24.6. The van der Waals surface area contributed by atoms with Gasteiger partial charge in [0.1, 0.15) is 0 Å². The zero-order valence-corrected chi connectivity index (χ0v) is 20.1. The van der Waals surface area contributed by atoms with E-state index in [1.165, 1.54) is 0 Å². The van der Waals surface area contributed by atoms with E-state index in [1.54, 1.807) is 0 Å². The quantitative estimate of drug-likeness (QED) is 0.0627. The summed E-state index contributed by atoms with van der Waals surface area (Å²) in [6.45, 7) is 6.09. The van der Waals surface area contributed by atoms with Crippen LogP contribution in [-0.2, 0) is 6.54 Å². The van der Waals surface area contributed by atoms with Gasteiger partial charge in [-0.1, -0.05) is 60.5 Å². The lowest BCUT2D eigenvalue weighted by Gasteiger charge is -2.15. The summed E-state index contributed by atoms with van der Waals surface area (Å²) in [7, 11) is 0. The van der Waals surface area contributed by atoms with Crippen molar-refractivity contribution in [1.82, 2.24) is 5.32 Å². The van der Waals surface area contributed by atoms with Crippen LogP contribution in [0.5, 0.6) is 0 Å². The molecule has 176 valence electrons. The molecule has 0 fully saturated rings. The van der Waals surface area contributed by atoms with E-state index in [9.17, 15) is 0 Å². The van der Waals surface area contributed by atoms with Crippen LogP contribution in [0.3, 0.4) is 0 Å². The molecule has 0 saturated heterocycles. The van der Waals surface area contributed by atoms with E-state index in [-0.39, 0.29) is 0 Å². The number of fused-ring (bicyclic) bond motifs is 3. The highest BCUT2D eigenvalue weighted by atomic mass is 15.1. The first kappa shape index (κ1) is 24.0. The van der Waals surface area contributed by atoms with Crippen molar-refractivity contribution >= 4 is 33.1 Å². The van der Waals surface area contributed by atoms with Gasteiger partial charge in [-0.15, -0.1) is 0 Å². The van der Waals surface area contributed by atoms with E-state index in [1.807, 2.05) is 54.6 Å². The highest BCUT2D eigenvalue weighted by molar-refractivity contribution is 6.10. The average Bonchev–Trinajstić information content (AvgIpc) is 2.89. The Labute approximate surface area is 204 Å². The van der Waals surface area contributed by atoms with Crippen molar-refractivity contribution in [2.24, 2.45) is 10.2 Å². The van der Waals surface area contributed by atoms with Crippen LogP contribution in [0.25, 0.3) is 53.8 Å². The summed E-state index contributed by atoms with van der Waals surface area (Å²) >= 11 is 0. The van der Waals surface area contributed by atoms with E-state index < -0.39 is 0 Å². The molecule has 0 aliphatic heterocycles. The fraction of sp³-hybridized carbons (Fsp3) is 0.296. The largest absolute Gasteiger partial charge is 0.314 e. The molecule has 0 aliphatic rings. The normalized spacial score (nSPS) is 10.9. The van der Waals surface area contributed by atoms with Crippen molar-refractivity contribution in [3.63, 3.8) is 0 Å². The molecule has 1 aromatic heterocycles. The van der Waals surface area contributed by atoms with Gasteiger partial charge in [0.2, 0.25) is 11.2 Å². The third-order valence-corrected chi connectivity index (χ3v) is 6.44. The van der Waals surface area contributed by atoms with Crippen molar-refractivity contribution in [3.8, 4) is 11.3 Å². The molecule has 0 atom stereocenters. The van der Waals surface area contributed by atoms with Crippen LogP contribution >= 0.6 is 0 Å². The molecule has 35 heavy (non-hydrogen) atoms. The molecule has 1 N–H and O–H groups in total. The standard InChI is InChI=1S/C27H29N8/c1-3-20(4-2)30-15-8-16-35-26-18-22(32-34-29)12-14-24(26)23-13-11-21(31-33-28)17-25(23)27(35)19-9-6-5-7-10-19/h5-7,9-14,17-18,20,30H,3-4,8,15-16H2,1-2H3/q+1. The molecular formula is C27H29N8+. The van der Waals surface area contributed by atoms with Crippen LogP contribution in [0.2, 0.25) is 0 Å². The molecular weight excluding hydrogens is 436 g/mol. The number of aryl methyl sites for hydroxylation is 1. The molecule has 0 aliphatic carbocycles.